The van der Waals surface area contributed by atoms with Crippen molar-refractivity contribution in [3.05, 3.63) is 35.4 Å². The molecule has 1 aromatic rings. The predicted octanol–water partition coefficient (Wildman–Crippen LogP) is 0.686. The zero-order valence-electron chi connectivity index (χ0n) is 10.9. The number of halogens is 2. The quantitative estimate of drug-likeness (QED) is 0.649. The van der Waals surface area contributed by atoms with Gasteiger partial charge in [0.15, 0.2) is 17.7 Å². The van der Waals surface area contributed by atoms with Crippen molar-refractivity contribution in [2.24, 2.45) is 5.73 Å². The Kier molecular flexibility index (Phi) is 5.74. The second kappa shape index (κ2) is 7.09. The molecule has 0 bridgehead atoms. The molecule has 116 valence electrons. The highest BCUT2D eigenvalue weighted by molar-refractivity contribution is 5.79. The summed E-state index contributed by atoms with van der Waals surface area (Å²) in [5, 5.41) is 24.1. The minimum atomic E-state index is -1.79. The van der Waals surface area contributed by atoms with E-state index in [1.165, 1.54) is 6.07 Å². The lowest BCUT2D eigenvalue weighted by molar-refractivity contribution is -0.152. The number of aliphatic hydroxyl groups excluding tert-OH is 1. The summed E-state index contributed by atoms with van der Waals surface area (Å²) < 4.78 is 25.2. The van der Waals surface area contributed by atoms with Crippen LogP contribution in [0.3, 0.4) is 0 Å². The van der Waals surface area contributed by atoms with Gasteiger partial charge in [-0.15, -0.1) is 0 Å². The van der Waals surface area contributed by atoms with Gasteiger partial charge in [-0.25, -0.2) is 13.6 Å². The molecule has 21 heavy (non-hydrogen) atoms. The normalized spacial score (nSPS) is 21.0. The monoisotopic (exact) mass is 303 g/mol. The van der Waals surface area contributed by atoms with Crippen LogP contribution < -0.4 is 5.73 Å². The lowest BCUT2D eigenvalue weighted by Crippen LogP contribution is -2.22. The smallest absolute Gasteiger partial charge is 0.333 e. The zero-order chi connectivity index (χ0) is 16.2. The minimum absolute atomic E-state index is 0.134. The largest absolute Gasteiger partial charge is 0.481 e. The van der Waals surface area contributed by atoms with E-state index in [4.69, 9.17) is 21.1 Å². The van der Waals surface area contributed by atoms with E-state index >= 15 is 0 Å². The molecule has 1 saturated carbocycles. The summed E-state index contributed by atoms with van der Waals surface area (Å²) in [6.45, 7) is 0. The van der Waals surface area contributed by atoms with Gasteiger partial charge >= 0.3 is 11.9 Å². The Labute approximate surface area is 118 Å². The molecule has 5 N–H and O–H groups in total. The number of carbonyl (C=O) groups is 2. The van der Waals surface area contributed by atoms with Gasteiger partial charge in [0.05, 0.1) is 6.42 Å². The van der Waals surface area contributed by atoms with E-state index in [0.717, 1.165) is 18.1 Å². The third kappa shape index (κ3) is 5.44. The fourth-order valence-electron chi connectivity index (χ4n) is 1.59. The third-order valence-electron chi connectivity index (χ3n) is 2.86. The average molecular weight is 303 g/mol. The molecule has 0 saturated heterocycles. The summed E-state index contributed by atoms with van der Waals surface area (Å²) in [4.78, 5) is 19.4. The highest BCUT2D eigenvalue weighted by Crippen LogP contribution is 2.39. The number of nitrogens with two attached hydrogens (primary N) is 1. The topological polar surface area (TPSA) is 121 Å². The van der Waals surface area contributed by atoms with Crippen LogP contribution in [0.1, 0.15) is 24.3 Å². The summed E-state index contributed by atoms with van der Waals surface area (Å²) in [5.74, 6) is -4.19. The summed E-state index contributed by atoms with van der Waals surface area (Å²) in [6.07, 6.45) is -1.66. The maximum absolute atomic E-state index is 12.7. The molecule has 0 radical (unpaired) electrons. The van der Waals surface area contributed by atoms with Crippen molar-refractivity contribution in [3.8, 4) is 0 Å². The molecular weight excluding hydrogens is 288 g/mol. The van der Waals surface area contributed by atoms with Crippen molar-refractivity contribution in [1.82, 2.24) is 0 Å². The second-order valence-electron chi connectivity index (χ2n) is 4.63. The van der Waals surface area contributed by atoms with Crippen LogP contribution in [0.15, 0.2) is 18.2 Å². The van der Waals surface area contributed by atoms with Crippen LogP contribution in [0.25, 0.3) is 0 Å². The van der Waals surface area contributed by atoms with Crippen molar-refractivity contribution >= 4 is 11.9 Å². The Morgan fingerprint density at radius 1 is 1.29 bits per heavy atom. The van der Waals surface area contributed by atoms with Crippen molar-refractivity contribution in [3.63, 3.8) is 0 Å². The van der Waals surface area contributed by atoms with Gasteiger partial charge in [-0.1, -0.05) is 6.07 Å². The fraction of sp³-hybridized carbons (Fsp3) is 0.385. The van der Waals surface area contributed by atoms with E-state index in [1.54, 1.807) is 6.07 Å². The number of benzene rings is 1. The van der Waals surface area contributed by atoms with E-state index < -0.39 is 36.1 Å². The van der Waals surface area contributed by atoms with Gasteiger partial charge in [-0.2, -0.15) is 0 Å². The number of carboxylic acid groups (broad SMARTS) is 2. The van der Waals surface area contributed by atoms with Crippen LogP contribution in [0.5, 0.6) is 0 Å². The lowest BCUT2D eigenvalue weighted by Gasteiger charge is -1.98. The molecule has 0 unspecified atom stereocenters. The molecule has 0 aromatic heterocycles. The number of hydrogen-bond acceptors (Lipinski definition) is 4. The van der Waals surface area contributed by atoms with Crippen molar-refractivity contribution in [2.75, 3.05) is 0 Å². The summed E-state index contributed by atoms with van der Waals surface area (Å²) in [6, 6.07) is 4.10. The van der Waals surface area contributed by atoms with Crippen LogP contribution in [-0.4, -0.2) is 39.4 Å². The molecule has 1 aliphatic rings. The molecule has 0 spiro atoms. The molecule has 0 aliphatic heterocycles. The number of carboxylic acids is 2. The summed E-state index contributed by atoms with van der Waals surface area (Å²) in [5.41, 5.74) is 6.38. The van der Waals surface area contributed by atoms with Gasteiger partial charge in [0.25, 0.3) is 0 Å². The van der Waals surface area contributed by atoms with Crippen molar-refractivity contribution < 1.29 is 33.7 Å². The van der Waals surface area contributed by atoms with Crippen LogP contribution in [0.2, 0.25) is 0 Å². The maximum Gasteiger partial charge on any atom is 0.333 e. The highest BCUT2D eigenvalue weighted by Gasteiger charge is 2.35. The zero-order valence-corrected chi connectivity index (χ0v) is 10.9. The second-order valence-corrected chi connectivity index (χ2v) is 4.63. The van der Waals surface area contributed by atoms with E-state index in [2.05, 4.69) is 0 Å². The molecule has 2 rings (SSSR count). The first kappa shape index (κ1) is 17.0. The molecule has 0 heterocycles. The Bertz CT molecular complexity index is 537. The number of aliphatic carboxylic acids is 2. The van der Waals surface area contributed by atoms with E-state index in [9.17, 15) is 18.4 Å². The van der Waals surface area contributed by atoms with Crippen LogP contribution in [-0.2, 0) is 9.59 Å². The molecule has 1 fully saturated rings. The number of hydrogen-bond donors (Lipinski definition) is 4. The number of rotatable bonds is 4. The van der Waals surface area contributed by atoms with Crippen LogP contribution in [0.4, 0.5) is 8.78 Å². The Morgan fingerprint density at radius 2 is 1.86 bits per heavy atom. The molecule has 1 aliphatic carbocycles. The van der Waals surface area contributed by atoms with Crippen LogP contribution in [0, 0.1) is 11.6 Å². The Morgan fingerprint density at radius 3 is 2.19 bits per heavy atom. The first-order valence-corrected chi connectivity index (χ1v) is 6.05. The first-order chi connectivity index (χ1) is 9.72. The van der Waals surface area contributed by atoms with Crippen LogP contribution >= 0.6 is 0 Å². The Balaban J connectivity index is 0.000000222. The highest BCUT2D eigenvalue weighted by atomic mass is 19.2. The van der Waals surface area contributed by atoms with Crippen molar-refractivity contribution in [1.29, 1.82) is 0 Å². The molecular formula is C13H15F2NO5. The minimum Gasteiger partial charge on any atom is -0.481 e. The summed E-state index contributed by atoms with van der Waals surface area (Å²) >= 11 is 0. The van der Waals surface area contributed by atoms with Gasteiger partial charge < -0.3 is 21.1 Å². The van der Waals surface area contributed by atoms with Gasteiger partial charge in [0, 0.05) is 12.0 Å². The van der Waals surface area contributed by atoms with Gasteiger partial charge in [0.1, 0.15) is 0 Å². The molecule has 1 aromatic carbocycles. The van der Waals surface area contributed by atoms with Gasteiger partial charge in [-0.05, 0) is 24.1 Å². The molecule has 3 atom stereocenters. The van der Waals surface area contributed by atoms with E-state index in [0.29, 0.717) is 0 Å². The Hall–Kier alpha value is -2.06. The standard InChI is InChI=1S/C9H9F2N.C4H6O5/c10-7-2-1-5(3-8(7)11)6-4-9(6)12;5-2(4(8)9)1-3(6)7/h1-3,6,9H,4,12H2;2,5H,1H2,(H,6,7)(H,8,9)/t6-,9+;2-/m01/s1. The van der Waals surface area contributed by atoms with E-state index in [-0.39, 0.29) is 12.0 Å². The van der Waals surface area contributed by atoms with Gasteiger partial charge in [0.2, 0.25) is 0 Å². The SMILES string of the molecule is N[C@@H]1C[C@H]1c1ccc(F)c(F)c1.O=C(O)C[C@@H](O)C(=O)O. The van der Waals surface area contributed by atoms with Crippen molar-refractivity contribution in [2.45, 2.75) is 30.9 Å². The third-order valence-corrected chi connectivity index (χ3v) is 2.86. The number of aliphatic hydroxyl groups is 1. The lowest BCUT2D eigenvalue weighted by atomic mass is 10.1. The van der Waals surface area contributed by atoms with E-state index in [1.807, 2.05) is 0 Å². The first-order valence-electron chi connectivity index (χ1n) is 6.05. The average Bonchev–Trinajstić information content (AvgIpc) is 3.10. The molecule has 0 amide bonds. The molecule has 8 heteroatoms. The maximum atomic E-state index is 12.7. The van der Waals surface area contributed by atoms with Gasteiger partial charge in [-0.3, -0.25) is 4.79 Å². The molecule has 6 nitrogen and oxygen atoms in total. The summed E-state index contributed by atoms with van der Waals surface area (Å²) in [7, 11) is 0. The predicted molar refractivity (Wildman–Crippen MR) is 67.6 cm³/mol. The fourth-order valence-corrected chi connectivity index (χ4v) is 1.59.